The minimum absolute atomic E-state index is 0.104. The Kier molecular flexibility index (Phi) is 8.77. The van der Waals surface area contributed by atoms with Gasteiger partial charge in [-0.1, -0.05) is 84.9 Å². The molecule has 0 fully saturated rings. The van der Waals surface area contributed by atoms with Gasteiger partial charge in [-0.3, -0.25) is 14.7 Å². The van der Waals surface area contributed by atoms with Gasteiger partial charge < -0.3 is 13.8 Å². The molecular formula is C25H28NO5P. The van der Waals surface area contributed by atoms with Crippen LogP contribution in [0.15, 0.2) is 84.9 Å². The molecule has 0 aliphatic rings. The molecule has 0 aromatic heterocycles. The smallest absolute Gasteiger partial charge is 0.343 e. The number of ether oxygens (including phenoxy) is 1. The van der Waals surface area contributed by atoms with E-state index in [9.17, 15) is 9.36 Å². The topological polar surface area (TPSA) is 73.9 Å². The second-order valence-corrected chi connectivity index (χ2v) is 9.52. The summed E-state index contributed by atoms with van der Waals surface area (Å²) in [5.41, 5.74) is 4.06. The molecule has 0 saturated carbocycles. The molecule has 0 aliphatic carbocycles. The summed E-state index contributed by atoms with van der Waals surface area (Å²) in [5, 5.41) is 3.01. The maximum Gasteiger partial charge on any atom is 0.343 e. The van der Waals surface area contributed by atoms with E-state index in [1.54, 1.807) is 0 Å². The Morgan fingerprint density at radius 3 is 1.97 bits per heavy atom. The molecule has 0 spiro atoms. The Hall–Kier alpha value is -2.76. The van der Waals surface area contributed by atoms with Gasteiger partial charge in [-0.15, -0.1) is 0 Å². The Balaban J connectivity index is 1.70. The van der Waals surface area contributed by atoms with E-state index in [0.29, 0.717) is 6.42 Å². The van der Waals surface area contributed by atoms with Crippen molar-refractivity contribution in [2.75, 3.05) is 20.5 Å². The van der Waals surface area contributed by atoms with Crippen LogP contribution in [0.4, 0.5) is 0 Å². The molecular weight excluding hydrogens is 425 g/mol. The van der Waals surface area contributed by atoms with E-state index in [1.165, 1.54) is 14.2 Å². The van der Waals surface area contributed by atoms with Crippen LogP contribution in [-0.2, 0) is 36.2 Å². The molecule has 32 heavy (non-hydrogen) atoms. The van der Waals surface area contributed by atoms with Crippen molar-refractivity contribution in [2.45, 2.75) is 19.1 Å². The van der Waals surface area contributed by atoms with Crippen LogP contribution in [0.1, 0.15) is 11.1 Å². The lowest BCUT2D eigenvalue weighted by Crippen LogP contribution is -2.40. The molecule has 168 valence electrons. The molecule has 1 atom stereocenters. The van der Waals surface area contributed by atoms with Crippen LogP contribution in [0, 0.1) is 0 Å². The highest BCUT2D eigenvalue weighted by atomic mass is 31.2. The van der Waals surface area contributed by atoms with Crippen LogP contribution in [-0.4, -0.2) is 32.5 Å². The Morgan fingerprint density at radius 2 is 1.38 bits per heavy atom. The highest BCUT2D eigenvalue weighted by Gasteiger charge is 2.27. The maximum atomic E-state index is 12.8. The van der Waals surface area contributed by atoms with Crippen molar-refractivity contribution < 1.29 is 23.1 Å². The van der Waals surface area contributed by atoms with Gasteiger partial charge in [0.2, 0.25) is 0 Å². The van der Waals surface area contributed by atoms with Crippen molar-refractivity contribution in [2.24, 2.45) is 0 Å². The van der Waals surface area contributed by atoms with Crippen LogP contribution >= 0.6 is 7.60 Å². The largest absolute Gasteiger partial charge is 0.460 e. The van der Waals surface area contributed by atoms with Gasteiger partial charge in [-0.05, 0) is 28.7 Å². The monoisotopic (exact) mass is 453 g/mol. The fraction of sp³-hybridized carbons (Fsp3) is 0.240. The molecule has 7 heteroatoms. The molecule has 0 radical (unpaired) electrons. The number of carbonyl (C=O) groups excluding carboxylic acids is 1. The van der Waals surface area contributed by atoms with Gasteiger partial charge in [0.05, 0.1) is 6.29 Å². The van der Waals surface area contributed by atoms with Gasteiger partial charge in [0.15, 0.2) is 0 Å². The molecule has 0 aliphatic heterocycles. The van der Waals surface area contributed by atoms with E-state index in [0.717, 1.165) is 22.3 Å². The summed E-state index contributed by atoms with van der Waals surface area (Å²) >= 11 is 0. The van der Waals surface area contributed by atoms with E-state index in [-0.39, 0.29) is 12.9 Å². The fourth-order valence-electron chi connectivity index (χ4n) is 3.19. The summed E-state index contributed by atoms with van der Waals surface area (Å²) in [7, 11) is -0.690. The lowest BCUT2D eigenvalue weighted by molar-refractivity contribution is -0.147. The fourth-order valence-corrected chi connectivity index (χ4v) is 4.04. The molecule has 3 aromatic carbocycles. The number of hydrogen-bond donors (Lipinski definition) is 1. The van der Waals surface area contributed by atoms with Crippen molar-refractivity contribution in [1.29, 1.82) is 0 Å². The van der Waals surface area contributed by atoms with Gasteiger partial charge >= 0.3 is 13.6 Å². The van der Waals surface area contributed by atoms with Crippen LogP contribution in [0.3, 0.4) is 0 Å². The second-order valence-electron chi connectivity index (χ2n) is 7.25. The van der Waals surface area contributed by atoms with Gasteiger partial charge in [0, 0.05) is 14.2 Å². The molecule has 0 bridgehead atoms. The maximum absolute atomic E-state index is 12.8. The third-order valence-corrected chi connectivity index (χ3v) is 6.78. The lowest BCUT2D eigenvalue weighted by atomic mass is 10.0. The van der Waals surface area contributed by atoms with E-state index in [2.05, 4.69) is 5.32 Å². The summed E-state index contributed by atoms with van der Waals surface area (Å²) in [6.45, 7) is 0.164. The van der Waals surface area contributed by atoms with Gasteiger partial charge in [0.25, 0.3) is 0 Å². The van der Waals surface area contributed by atoms with Crippen LogP contribution in [0.25, 0.3) is 11.1 Å². The third kappa shape index (κ3) is 6.87. The first-order valence-electron chi connectivity index (χ1n) is 10.3. The SMILES string of the molecule is COP(=O)(CN[C@@H](Cc1ccc(-c2ccccc2)cc1)C(=O)OCc1ccccc1)OC. The Morgan fingerprint density at radius 1 is 0.812 bits per heavy atom. The zero-order valence-electron chi connectivity index (χ0n) is 18.3. The summed E-state index contributed by atoms with van der Waals surface area (Å²) in [6, 6.07) is 26.8. The molecule has 0 saturated heterocycles. The van der Waals surface area contributed by atoms with Crippen LogP contribution < -0.4 is 5.32 Å². The van der Waals surface area contributed by atoms with Crippen LogP contribution in [0.2, 0.25) is 0 Å². The first-order chi connectivity index (χ1) is 15.5. The van der Waals surface area contributed by atoms with Crippen molar-refractivity contribution >= 4 is 13.6 Å². The zero-order chi connectivity index (χ0) is 22.8. The minimum atomic E-state index is -3.32. The molecule has 6 nitrogen and oxygen atoms in total. The second kappa shape index (κ2) is 11.7. The first kappa shape index (κ1) is 23.9. The lowest BCUT2D eigenvalue weighted by Gasteiger charge is -2.21. The Bertz CT molecular complexity index is 1020. The van der Waals surface area contributed by atoms with E-state index < -0.39 is 19.6 Å². The van der Waals surface area contributed by atoms with Crippen LogP contribution in [0.5, 0.6) is 0 Å². The molecule has 0 heterocycles. The molecule has 0 amide bonds. The Labute approximate surface area is 189 Å². The van der Waals surface area contributed by atoms with E-state index in [1.807, 2.05) is 84.9 Å². The highest BCUT2D eigenvalue weighted by molar-refractivity contribution is 7.53. The summed E-state index contributed by atoms with van der Waals surface area (Å²) < 4.78 is 27.9. The molecule has 3 rings (SSSR count). The van der Waals surface area contributed by atoms with E-state index >= 15 is 0 Å². The van der Waals surface area contributed by atoms with Crippen molar-refractivity contribution in [3.8, 4) is 11.1 Å². The third-order valence-electron chi connectivity index (χ3n) is 5.10. The zero-order valence-corrected chi connectivity index (χ0v) is 19.2. The van der Waals surface area contributed by atoms with Gasteiger partial charge in [-0.25, -0.2) is 0 Å². The molecule has 1 N–H and O–H groups in total. The van der Waals surface area contributed by atoms with Crippen molar-refractivity contribution in [1.82, 2.24) is 5.32 Å². The average Bonchev–Trinajstić information content (AvgIpc) is 2.86. The van der Waals surface area contributed by atoms with Crippen molar-refractivity contribution in [3.05, 3.63) is 96.1 Å². The average molecular weight is 453 g/mol. The molecule has 3 aromatic rings. The number of nitrogens with one attached hydrogen (secondary N) is 1. The predicted molar refractivity (Wildman–Crippen MR) is 125 cm³/mol. The molecule has 0 unspecified atom stereocenters. The number of hydrogen-bond acceptors (Lipinski definition) is 6. The van der Waals surface area contributed by atoms with E-state index in [4.69, 9.17) is 13.8 Å². The summed E-state index contributed by atoms with van der Waals surface area (Å²) in [4.78, 5) is 12.8. The van der Waals surface area contributed by atoms with Gasteiger partial charge in [0.1, 0.15) is 12.6 Å². The summed E-state index contributed by atoms with van der Waals surface area (Å²) in [6.07, 6.45) is 0.267. The first-order valence-corrected chi connectivity index (χ1v) is 12.0. The van der Waals surface area contributed by atoms with Gasteiger partial charge in [-0.2, -0.15) is 0 Å². The quantitative estimate of drug-likeness (QED) is 0.324. The predicted octanol–water partition coefficient (Wildman–Crippen LogP) is 5.04. The normalized spacial score (nSPS) is 12.3. The standard InChI is InChI=1S/C25H28NO5P/c1-29-32(28,30-2)19-26-24(25(27)31-18-21-9-5-3-6-10-21)17-20-13-15-23(16-14-20)22-11-7-4-8-12-22/h3-16,24,26H,17-19H2,1-2H3/t24-/m0/s1. The van der Waals surface area contributed by atoms with Crippen molar-refractivity contribution in [3.63, 3.8) is 0 Å². The number of benzene rings is 3. The number of rotatable bonds is 11. The highest BCUT2D eigenvalue weighted by Crippen LogP contribution is 2.44. The number of esters is 1. The number of carbonyl (C=O) groups is 1. The minimum Gasteiger partial charge on any atom is -0.460 e. The summed E-state index contributed by atoms with van der Waals surface area (Å²) in [5.74, 6) is -0.431.